The van der Waals surface area contributed by atoms with E-state index in [9.17, 15) is 9.59 Å². The molecule has 0 fully saturated rings. The van der Waals surface area contributed by atoms with Gasteiger partial charge in [-0.25, -0.2) is 4.79 Å². The van der Waals surface area contributed by atoms with Gasteiger partial charge in [-0.2, -0.15) is 5.10 Å². The maximum atomic E-state index is 12.1. The van der Waals surface area contributed by atoms with Crippen molar-refractivity contribution < 1.29 is 14.7 Å². The number of aryl methyl sites for hydroxylation is 1. The Bertz CT molecular complexity index is 707. The molecular weight excluding hydrogens is 260 g/mol. The standard InChI is InChI=1S/C13H12N4O3/c1-17-6-8(5-14-17)11-12(18)16-10-4-7(13(19)20)2-3-9(10)15-11/h2-6,11,15H,1H3,(H,16,18)(H,19,20). The SMILES string of the molecule is Cn1cc(C2Nc3ccc(C(=O)O)cc3NC2=O)cn1. The van der Waals surface area contributed by atoms with Crippen molar-refractivity contribution in [2.24, 2.45) is 7.05 Å². The summed E-state index contributed by atoms with van der Waals surface area (Å²) >= 11 is 0. The molecule has 1 aromatic carbocycles. The number of fused-ring (bicyclic) bond motifs is 1. The molecule has 0 spiro atoms. The molecule has 3 N–H and O–H groups in total. The van der Waals surface area contributed by atoms with Crippen LogP contribution in [-0.2, 0) is 11.8 Å². The Labute approximate surface area is 114 Å². The Hall–Kier alpha value is -2.83. The first-order valence-corrected chi connectivity index (χ1v) is 5.98. The van der Waals surface area contributed by atoms with E-state index in [1.807, 2.05) is 0 Å². The predicted octanol–water partition coefficient (Wildman–Crippen LogP) is 1.22. The molecule has 0 aliphatic carbocycles. The van der Waals surface area contributed by atoms with E-state index < -0.39 is 12.0 Å². The first-order chi connectivity index (χ1) is 9.54. The van der Waals surface area contributed by atoms with Gasteiger partial charge < -0.3 is 15.7 Å². The highest BCUT2D eigenvalue weighted by atomic mass is 16.4. The number of benzene rings is 1. The number of carbonyl (C=O) groups excluding carboxylic acids is 1. The summed E-state index contributed by atoms with van der Waals surface area (Å²) < 4.78 is 1.62. The van der Waals surface area contributed by atoms with Gasteiger partial charge in [0.25, 0.3) is 5.91 Å². The number of carbonyl (C=O) groups is 2. The molecule has 0 saturated heterocycles. The Morgan fingerprint density at radius 1 is 1.40 bits per heavy atom. The summed E-state index contributed by atoms with van der Waals surface area (Å²) in [6.45, 7) is 0. The van der Waals surface area contributed by atoms with E-state index in [0.29, 0.717) is 11.4 Å². The summed E-state index contributed by atoms with van der Waals surface area (Å²) in [5, 5.41) is 18.8. The third kappa shape index (κ3) is 1.99. The molecule has 1 unspecified atom stereocenters. The van der Waals surface area contributed by atoms with Gasteiger partial charge in [-0.15, -0.1) is 0 Å². The lowest BCUT2D eigenvalue weighted by molar-refractivity contribution is -0.117. The quantitative estimate of drug-likeness (QED) is 0.764. The average Bonchev–Trinajstić information content (AvgIpc) is 2.83. The molecular formula is C13H12N4O3. The zero-order valence-electron chi connectivity index (χ0n) is 10.6. The van der Waals surface area contributed by atoms with Gasteiger partial charge in [-0.1, -0.05) is 0 Å². The molecule has 1 amide bonds. The second-order valence-corrected chi connectivity index (χ2v) is 4.58. The van der Waals surface area contributed by atoms with E-state index in [1.54, 1.807) is 30.2 Å². The van der Waals surface area contributed by atoms with E-state index in [-0.39, 0.29) is 11.5 Å². The summed E-state index contributed by atoms with van der Waals surface area (Å²) in [6, 6.07) is 4.03. The smallest absolute Gasteiger partial charge is 0.335 e. The van der Waals surface area contributed by atoms with Crippen LogP contribution in [0.5, 0.6) is 0 Å². The molecule has 1 aromatic heterocycles. The van der Waals surface area contributed by atoms with Crippen LogP contribution in [0.25, 0.3) is 0 Å². The van der Waals surface area contributed by atoms with Crippen LogP contribution in [0.3, 0.4) is 0 Å². The molecule has 102 valence electrons. The van der Waals surface area contributed by atoms with Crippen molar-refractivity contribution in [2.45, 2.75) is 6.04 Å². The second-order valence-electron chi connectivity index (χ2n) is 4.58. The molecule has 1 aliphatic heterocycles. The van der Waals surface area contributed by atoms with Gasteiger partial charge in [-0.3, -0.25) is 9.48 Å². The predicted molar refractivity (Wildman–Crippen MR) is 71.6 cm³/mol. The maximum Gasteiger partial charge on any atom is 0.335 e. The number of carboxylic acid groups (broad SMARTS) is 1. The summed E-state index contributed by atoms with van der Waals surface area (Å²) in [5.41, 5.74) is 2.03. The molecule has 2 aromatic rings. The van der Waals surface area contributed by atoms with Gasteiger partial charge >= 0.3 is 5.97 Å². The third-order valence-electron chi connectivity index (χ3n) is 3.14. The summed E-state index contributed by atoms with van der Waals surface area (Å²) in [4.78, 5) is 23.0. The number of aromatic carboxylic acids is 1. The Morgan fingerprint density at radius 2 is 2.20 bits per heavy atom. The number of hydrogen-bond acceptors (Lipinski definition) is 4. The molecule has 7 nitrogen and oxygen atoms in total. The number of nitrogens with zero attached hydrogens (tertiary/aromatic N) is 2. The highest BCUT2D eigenvalue weighted by Gasteiger charge is 2.28. The van der Waals surface area contributed by atoms with Crippen LogP contribution in [0.1, 0.15) is 22.0 Å². The molecule has 3 rings (SSSR count). The minimum atomic E-state index is -1.03. The van der Waals surface area contributed by atoms with Crippen LogP contribution < -0.4 is 10.6 Å². The normalized spacial score (nSPS) is 17.1. The van der Waals surface area contributed by atoms with Crippen LogP contribution in [-0.4, -0.2) is 26.8 Å². The number of carboxylic acids is 1. The van der Waals surface area contributed by atoms with Gasteiger partial charge in [0.1, 0.15) is 6.04 Å². The van der Waals surface area contributed by atoms with Gasteiger partial charge in [0.15, 0.2) is 0 Å². The van der Waals surface area contributed by atoms with Crippen molar-refractivity contribution in [1.29, 1.82) is 0 Å². The fraction of sp³-hybridized carbons (Fsp3) is 0.154. The Kier molecular flexibility index (Phi) is 2.67. The molecule has 7 heteroatoms. The lowest BCUT2D eigenvalue weighted by Crippen LogP contribution is -2.31. The van der Waals surface area contributed by atoms with Crippen LogP contribution >= 0.6 is 0 Å². The van der Waals surface area contributed by atoms with Crippen molar-refractivity contribution in [3.63, 3.8) is 0 Å². The van der Waals surface area contributed by atoms with Crippen LogP contribution in [0, 0.1) is 0 Å². The number of rotatable bonds is 2. The van der Waals surface area contributed by atoms with Crippen molar-refractivity contribution in [3.05, 3.63) is 41.7 Å². The zero-order chi connectivity index (χ0) is 14.3. The van der Waals surface area contributed by atoms with E-state index in [4.69, 9.17) is 5.11 Å². The average molecular weight is 272 g/mol. The monoisotopic (exact) mass is 272 g/mol. The fourth-order valence-electron chi connectivity index (χ4n) is 2.16. The van der Waals surface area contributed by atoms with Gasteiger partial charge in [0.05, 0.1) is 23.1 Å². The topological polar surface area (TPSA) is 96.3 Å². The third-order valence-corrected chi connectivity index (χ3v) is 3.14. The highest BCUT2D eigenvalue weighted by Crippen LogP contribution is 2.32. The van der Waals surface area contributed by atoms with Crippen molar-refractivity contribution >= 4 is 23.3 Å². The molecule has 0 saturated carbocycles. The Balaban J connectivity index is 1.95. The molecule has 0 bridgehead atoms. The zero-order valence-corrected chi connectivity index (χ0v) is 10.6. The summed E-state index contributed by atoms with van der Waals surface area (Å²) in [5.74, 6) is -1.27. The summed E-state index contributed by atoms with van der Waals surface area (Å²) in [7, 11) is 1.78. The summed E-state index contributed by atoms with van der Waals surface area (Å²) in [6.07, 6.45) is 3.38. The lowest BCUT2D eigenvalue weighted by atomic mass is 10.0. The van der Waals surface area contributed by atoms with E-state index >= 15 is 0 Å². The van der Waals surface area contributed by atoms with Crippen LogP contribution in [0.2, 0.25) is 0 Å². The van der Waals surface area contributed by atoms with Gasteiger partial charge in [0.2, 0.25) is 0 Å². The molecule has 0 radical (unpaired) electrons. The Morgan fingerprint density at radius 3 is 2.85 bits per heavy atom. The van der Waals surface area contributed by atoms with Gasteiger partial charge in [-0.05, 0) is 18.2 Å². The minimum absolute atomic E-state index is 0.130. The molecule has 20 heavy (non-hydrogen) atoms. The minimum Gasteiger partial charge on any atom is -0.478 e. The van der Waals surface area contributed by atoms with E-state index in [0.717, 1.165) is 5.56 Å². The number of anilines is 2. The highest BCUT2D eigenvalue weighted by molar-refractivity contribution is 6.04. The number of amides is 1. The number of nitrogens with one attached hydrogen (secondary N) is 2. The molecule has 1 aliphatic rings. The largest absolute Gasteiger partial charge is 0.478 e. The fourth-order valence-corrected chi connectivity index (χ4v) is 2.16. The number of aromatic nitrogens is 2. The van der Waals surface area contributed by atoms with Crippen molar-refractivity contribution in [3.8, 4) is 0 Å². The van der Waals surface area contributed by atoms with Crippen LogP contribution in [0.4, 0.5) is 11.4 Å². The second kappa shape index (κ2) is 4.37. The van der Waals surface area contributed by atoms with E-state index in [1.165, 1.54) is 12.1 Å². The number of hydrogen-bond donors (Lipinski definition) is 3. The lowest BCUT2D eigenvalue weighted by Gasteiger charge is -2.26. The molecule has 2 heterocycles. The molecule has 1 atom stereocenters. The van der Waals surface area contributed by atoms with Crippen LogP contribution in [0.15, 0.2) is 30.6 Å². The van der Waals surface area contributed by atoms with E-state index in [2.05, 4.69) is 15.7 Å². The maximum absolute atomic E-state index is 12.1. The first kappa shape index (κ1) is 12.2. The van der Waals surface area contributed by atoms with Gasteiger partial charge in [0, 0.05) is 18.8 Å². The van der Waals surface area contributed by atoms with Crippen molar-refractivity contribution in [2.75, 3.05) is 10.6 Å². The first-order valence-electron chi connectivity index (χ1n) is 5.98. The van der Waals surface area contributed by atoms with Crippen molar-refractivity contribution in [1.82, 2.24) is 9.78 Å².